The fourth-order valence-corrected chi connectivity index (χ4v) is 1.10. The third-order valence-electron chi connectivity index (χ3n) is 2.19. The van der Waals surface area contributed by atoms with Crippen molar-refractivity contribution < 1.29 is 4.79 Å². The lowest BCUT2D eigenvalue weighted by Crippen LogP contribution is -2.28. The minimum absolute atomic E-state index is 0.0970. The second-order valence-corrected chi connectivity index (χ2v) is 3.80. The number of nitrogens with one attached hydrogen (secondary N) is 1. The molecule has 0 saturated carbocycles. The SMILES string of the molecule is CCC(CN)CC(=O)NCC=C(C)C. The molecule has 1 atom stereocenters. The molecule has 0 aromatic rings. The van der Waals surface area contributed by atoms with Crippen molar-refractivity contribution in [2.24, 2.45) is 11.7 Å². The lowest BCUT2D eigenvalue weighted by atomic mass is 10.0. The largest absolute Gasteiger partial charge is 0.353 e. The highest BCUT2D eigenvalue weighted by Crippen LogP contribution is 2.04. The Bertz CT molecular complexity index is 191. The van der Waals surface area contributed by atoms with E-state index in [0.29, 0.717) is 25.4 Å². The van der Waals surface area contributed by atoms with E-state index in [1.807, 2.05) is 19.9 Å². The highest BCUT2D eigenvalue weighted by Gasteiger charge is 2.08. The fraction of sp³-hybridized carbons (Fsp3) is 0.727. The Balaban J connectivity index is 3.70. The van der Waals surface area contributed by atoms with Crippen LogP contribution in [-0.4, -0.2) is 19.0 Å². The molecule has 0 aliphatic carbocycles. The molecule has 1 amide bonds. The van der Waals surface area contributed by atoms with Gasteiger partial charge >= 0.3 is 0 Å². The summed E-state index contributed by atoms with van der Waals surface area (Å²) in [5.41, 5.74) is 6.74. The van der Waals surface area contributed by atoms with E-state index in [2.05, 4.69) is 12.2 Å². The summed E-state index contributed by atoms with van der Waals surface area (Å²) in [5.74, 6) is 0.418. The standard InChI is InChI=1S/C11H22N2O/c1-4-10(8-12)7-11(14)13-6-5-9(2)3/h5,10H,4,6-8,12H2,1-3H3,(H,13,14). The Kier molecular flexibility index (Phi) is 7.11. The average molecular weight is 198 g/mol. The summed E-state index contributed by atoms with van der Waals surface area (Å²) in [6.07, 6.45) is 3.51. The predicted molar refractivity (Wildman–Crippen MR) is 59.9 cm³/mol. The summed E-state index contributed by atoms with van der Waals surface area (Å²) in [5, 5.41) is 2.84. The maximum Gasteiger partial charge on any atom is 0.220 e. The number of carbonyl (C=O) groups is 1. The first-order valence-corrected chi connectivity index (χ1v) is 5.20. The van der Waals surface area contributed by atoms with Crippen LogP contribution in [0.3, 0.4) is 0 Å². The maximum atomic E-state index is 11.4. The van der Waals surface area contributed by atoms with Gasteiger partial charge in [0.1, 0.15) is 0 Å². The van der Waals surface area contributed by atoms with Gasteiger partial charge in [-0.05, 0) is 26.3 Å². The Morgan fingerprint density at radius 2 is 2.14 bits per heavy atom. The Morgan fingerprint density at radius 3 is 2.57 bits per heavy atom. The van der Waals surface area contributed by atoms with Crippen LogP contribution < -0.4 is 11.1 Å². The summed E-state index contributed by atoms with van der Waals surface area (Å²) in [6, 6.07) is 0. The minimum Gasteiger partial charge on any atom is -0.353 e. The van der Waals surface area contributed by atoms with Crippen LogP contribution in [0.15, 0.2) is 11.6 Å². The normalized spacial score (nSPS) is 12.0. The molecule has 14 heavy (non-hydrogen) atoms. The molecular weight excluding hydrogens is 176 g/mol. The van der Waals surface area contributed by atoms with Gasteiger partial charge in [0, 0.05) is 13.0 Å². The van der Waals surface area contributed by atoms with Crippen LogP contribution in [0, 0.1) is 5.92 Å². The number of nitrogens with two attached hydrogens (primary N) is 1. The van der Waals surface area contributed by atoms with E-state index >= 15 is 0 Å². The van der Waals surface area contributed by atoms with Crippen molar-refractivity contribution in [3.63, 3.8) is 0 Å². The van der Waals surface area contributed by atoms with E-state index in [1.165, 1.54) is 5.57 Å². The smallest absolute Gasteiger partial charge is 0.220 e. The summed E-state index contributed by atoms with van der Waals surface area (Å²) >= 11 is 0. The zero-order valence-corrected chi connectivity index (χ0v) is 9.47. The van der Waals surface area contributed by atoms with Crippen molar-refractivity contribution in [3.8, 4) is 0 Å². The zero-order valence-electron chi connectivity index (χ0n) is 9.47. The van der Waals surface area contributed by atoms with Gasteiger partial charge in [-0.15, -0.1) is 0 Å². The van der Waals surface area contributed by atoms with Crippen LogP contribution in [0.1, 0.15) is 33.6 Å². The van der Waals surface area contributed by atoms with Crippen molar-refractivity contribution in [2.75, 3.05) is 13.1 Å². The molecular formula is C11H22N2O. The number of amides is 1. The van der Waals surface area contributed by atoms with Crippen LogP contribution in [0.2, 0.25) is 0 Å². The van der Waals surface area contributed by atoms with Gasteiger partial charge in [-0.1, -0.05) is 25.0 Å². The fourth-order valence-electron chi connectivity index (χ4n) is 1.10. The Hall–Kier alpha value is -0.830. The van der Waals surface area contributed by atoms with Crippen molar-refractivity contribution in [3.05, 3.63) is 11.6 Å². The van der Waals surface area contributed by atoms with Gasteiger partial charge in [-0.3, -0.25) is 4.79 Å². The lowest BCUT2D eigenvalue weighted by molar-refractivity contribution is -0.121. The number of carbonyl (C=O) groups excluding carboxylic acids is 1. The number of allylic oxidation sites excluding steroid dienone is 1. The molecule has 0 spiro atoms. The molecule has 1 unspecified atom stereocenters. The highest BCUT2D eigenvalue weighted by molar-refractivity contribution is 5.76. The first kappa shape index (κ1) is 13.2. The van der Waals surface area contributed by atoms with Gasteiger partial charge in [0.2, 0.25) is 5.91 Å². The van der Waals surface area contributed by atoms with Crippen LogP contribution >= 0.6 is 0 Å². The van der Waals surface area contributed by atoms with Gasteiger partial charge < -0.3 is 11.1 Å². The van der Waals surface area contributed by atoms with Crippen LogP contribution in [-0.2, 0) is 4.79 Å². The number of rotatable bonds is 6. The third kappa shape index (κ3) is 6.66. The molecule has 3 N–H and O–H groups in total. The molecule has 0 aromatic heterocycles. The number of hydrogen-bond acceptors (Lipinski definition) is 2. The van der Waals surface area contributed by atoms with Crippen LogP contribution in [0.4, 0.5) is 0 Å². The van der Waals surface area contributed by atoms with Crippen molar-refractivity contribution >= 4 is 5.91 Å². The molecule has 0 fully saturated rings. The third-order valence-corrected chi connectivity index (χ3v) is 2.19. The number of hydrogen-bond donors (Lipinski definition) is 2. The van der Waals surface area contributed by atoms with E-state index in [9.17, 15) is 4.79 Å². The van der Waals surface area contributed by atoms with Gasteiger partial charge in [-0.2, -0.15) is 0 Å². The Labute approximate surface area is 86.8 Å². The van der Waals surface area contributed by atoms with E-state index in [0.717, 1.165) is 6.42 Å². The molecule has 3 nitrogen and oxygen atoms in total. The molecule has 82 valence electrons. The Morgan fingerprint density at radius 1 is 1.50 bits per heavy atom. The van der Waals surface area contributed by atoms with Gasteiger partial charge in [0.05, 0.1) is 0 Å². The molecule has 0 radical (unpaired) electrons. The van der Waals surface area contributed by atoms with Gasteiger partial charge in [0.25, 0.3) is 0 Å². The predicted octanol–water partition coefficient (Wildman–Crippen LogP) is 1.44. The topological polar surface area (TPSA) is 55.1 Å². The highest BCUT2D eigenvalue weighted by atomic mass is 16.1. The molecule has 0 heterocycles. The molecule has 0 aromatic carbocycles. The van der Waals surface area contributed by atoms with Crippen molar-refractivity contribution in [2.45, 2.75) is 33.6 Å². The van der Waals surface area contributed by atoms with E-state index < -0.39 is 0 Å². The minimum atomic E-state index is 0.0970. The summed E-state index contributed by atoms with van der Waals surface area (Å²) in [7, 11) is 0. The van der Waals surface area contributed by atoms with Crippen molar-refractivity contribution in [1.82, 2.24) is 5.32 Å². The lowest BCUT2D eigenvalue weighted by Gasteiger charge is -2.11. The van der Waals surface area contributed by atoms with Gasteiger partial charge in [-0.25, -0.2) is 0 Å². The summed E-state index contributed by atoms with van der Waals surface area (Å²) in [6.45, 7) is 7.30. The molecule has 0 rings (SSSR count). The summed E-state index contributed by atoms with van der Waals surface area (Å²) in [4.78, 5) is 11.4. The quantitative estimate of drug-likeness (QED) is 0.635. The monoisotopic (exact) mass is 198 g/mol. The second kappa shape index (κ2) is 7.56. The average Bonchev–Trinajstić information content (AvgIpc) is 2.13. The zero-order chi connectivity index (χ0) is 11.0. The molecule has 0 aliphatic rings. The van der Waals surface area contributed by atoms with Crippen LogP contribution in [0.25, 0.3) is 0 Å². The van der Waals surface area contributed by atoms with Crippen LogP contribution in [0.5, 0.6) is 0 Å². The van der Waals surface area contributed by atoms with Gasteiger partial charge in [0.15, 0.2) is 0 Å². The van der Waals surface area contributed by atoms with E-state index in [4.69, 9.17) is 5.73 Å². The first-order chi connectivity index (χ1) is 6.60. The molecule has 0 bridgehead atoms. The van der Waals surface area contributed by atoms with E-state index in [1.54, 1.807) is 0 Å². The molecule has 0 saturated heterocycles. The summed E-state index contributed by atoms with van der Waals surface area (Å²) < 4.78 is 0. The first-order valence-electron chi connectivity index (χ1n) is 5.20. The maximum absolute atomic E-state index is 11.4. The van der Waals surface area contributed by atoms with E-state index in [-0.39, 0.29) is 5.91 Å². The molecule has 0 aliphatic heterocycles. The second-order valence-electron chi connectivity index (χ2n) is 3.80. The van der Waals surface area contributed by atoms with Crippen molar-refractivity contribution in [1.29, 1.82) is 0 Å². The molecule has 3 heteroatoms.